The van der Waals surface area contributed by atoms with Crippen LogP contribution in [-0.2, 0) is 6.42 Å². The summed E-state index contributed by atoms with van der Waals surface area (Å²) in [6.45, 7) is 2.56. The minimum Gasteiger partial charge on any atom is -0.495 e. The molecule has 4 rings (SSSR count). The third-order valence-corrected chi connectivity index (χ3v) is 6.86. The Morgan fingerprint density at radius 3 is 2.86 bits per heavy atom. The molecule has 0 aliphatic heterocycles. The van der Waals surface area contributed by atoms with Crippen LogP contribution in [0.2, 0.25) is 0 Å². The van der Waals surface area contributed by atoms with Crippen molar-refractivity contribution in [2.45, 2.75) is 57.8 Å². The van der Waals surface area contributed by atoms with E-state index in [-0.39, 0.29) is 0 Å². The Hall–Kier alpha value is -1.18. The van der Waals surface area contributed by atoms with Gasteiger partial charge in [0, 0.05) is 0 Å². The minimum absolute atomic E-state index is 0.635. The fourth-order valence-electron chi connectivity index (χ4n) is 5.79. The van der Waals surface area contributed by atoms with Crippen LogP contribution in [0.15, 0.2) is 12.1 Å². The van der Waals surface area contributed by atoms with Crippen LogP contribution < -0.4 is 10.5 Å². The number of rotatable bonds is 1. The highest BCUT2D eigenvalue weighted by Crippen LogP contribution is 2.61. The first-order valence-electron chi connectivity index (χ1n) is 8.59. The van der Waals surface area contributed by atoms with E-state index in [9.17, 15) is 0 Å². The number of fused-ring (bicyclic) bond motifs is 5. The third kappa shape index (κ3) is 1.91. The standard InChI is InChI=1S/C19H27NO/c1-19-8-3-4-16(19)14-6-5-12-10-17(20)18(21-2)11-15(12)13(14)7-9-19/h10-11,13-14,16H,3-9,20H2,1-2H3/t13?,14?,16?,19-/m0/s1. The average Bonchev–Trinajstić information content (AvgIpc) is 2.88. The smallest absolute Gasteiger partial charge is 0.142 e. The van der Waals surface area contributed by atoms with E-state index in [4.69, 9.17) is 10.5 Å². The molecule has 2 nitrogen and oxygen atoms in total. The van der Waals surface area contributed by atoms with Gasteiger partial charge in [-0.25, -0.2) is 0 Å². The number of nitrogen functional groups attached to an aromatic ring is 1. The number of hydrogen-bond donors (Lipinski definition) is 1. The Labute approximate surface area is 128 Å². The SMILES string of the molecule is COc1cc2c(cc1N)CCC1C2CC[C@]2(C)CCCC12. The number of ether oxygens (including phenoxy) is 1. The largest absolute Gasteiger partial charge is 0.495 e. The zero-order chi connectivity index (χ0) is 14.6. The van der Waals surface area contributed by atoms with Gasteiger partial charge in [-0.15, -0.1) is 0 Å². The number of hydrogen-bond acceptors (Lipinski definition) is 2. The van der Waals surface area contributed by atoms with Gasteiger partial charge in [0.2, 0.25) is 0 Å². The quantitative estimate of drug-likeness (QED) is 0.770. The molecule has 0 spiro atoms. The lowest BCUT2D eigenvalue weighted by molar-refractivity contribution is 0.0598. The lowest BCUT2D eigenvalue weighted by atomic mass is 9.56. The Bertz CT molecular complexity index is 567. The molecule has 0 radical (unpaired) electrons. The molecule has 0 heterocycles. The Morgan fingerprint density at radius 2 is 2.05 bits per heavy atom. The van der Waals surface area contributed by atoms with E-state index in [1.807, 2.05) is 0 Å². The number of aryl methyl sites for hydroxylation is 1. The molecule has 0 saturated heterocycles. The average molecular weight is 285 g/mol. The monoisotopic (exact) mass is 285 g/mol. The van der Waals surface area contributed by atoms with E-state index in [0.717, 1.165) is 29.2 Å². The first-order chi connectivity index (χ1) is 10.1. The summed E-state index contributed by atoms with van der Waals surface area (Å²) in [4.78, 5) is 0. The van der Waals surface area contributed by atoms with Gasteiger partial charge in [0.05, 0.1) is 12.8 Å². The lowest BCUT2D eigenvalue weighted by Crippen LogP contribution is -2.39. The van der Waals surface area contributed by atoms with E-state index in [0.29, 0.717) is 5.41 Å². The van der Waals surface area contributed by atoms with Gasteiger partial charge in [-0.2, -0.15) is 0 Å². The summed E-state index contributed by atoms with van der Waals surface area (Å²) < 4.78 is 5.47. The van der Waals surface area contributed by atoms with Crippen molar-refractivity contribution < 1.29 is 4.74 Å². The molecule has 2 N–H and O–H groups in total. The van der Waals surface area contributed by atoms with E-state index in [1.165, 1.54) is 50.5 Å². The van der Waals surface area contributed by atoms with Crippen molar-refractivity contribution in [3.05, 3.63) is 23.3 Å². The van der Waals surface area contributed by atoms with Crippen LogP contribution in [0.1, 0.15) is 62.5 Å². The normalized spacial score (nSPS) is 37.5. The molecule has 21 heavy (non-hydrogen) atoms. The van der Waals surface area contributed by atoms with E-state index >= 15 is 0 Å². The zero-order valence-corrected chi connectivity index (χ0v) is 13.3. The molecule has 2 saturated carbocycles. The molecule has 3 unspecified atom stereocenters. The first kappa shape index (κ1) is 13.5. The number of anilines is 1. The van der Waals surface area contributed by atoms with Crippen molar-refractivity contribution in [1.29, 1.82) is 0 Å². The maximum absolute atomic E-state index is 6.10. The van der Waals surface area contributed by atoms with Crippen LogP contribution in [0.3, 0.4) is 0 Å². The summed E-state index contributed by atoms with van der Waals surface area (Å²) in [6, 6.07) is 4.42. The van der Waals surface area contributed by atoms with Gasteiger partial charge in [-0.05, 0) is 85.0 Å². The number of methoxy groups -OCH3 is 1. The van der Waals surface area contributed by atoms with Gasteiger partial charge in [0.15, 0.2) is 0 Å². The molecule has 3 aliphatic rings. The van der Waals surface area contributed by atoms with Crippen molar-refractivity contribution in [1.82, 2.24) is 0 Å². The van der Waals surface area contributed by atoms with Crippen molar-refractivity contribution >= 4 is 5.69 Å². The van der Waals surface area contributed by atoms with Crippen molar-refractivity contribution in [2.75, 3.05) is 12.8 Å². The van der Waals surface area contributed by atoms with Crippen LogP contribution in [0.4, 0.5) is 5.69 Å². The van der Waals surface area contributed by atoms with Gasteiger partial charge in [0.1, 0.15) is 5.75 Å². The van der Waals surface area contributed by atoms with Crippen molar-refractivity contribution in [2.24, 2.45) is 17.3 Å². The molecule has 2 fully saturated rings. The maximum Gasteiger partial charge on any atom is 0.142 e. The van der Waals surface area contributed by atoms with Gasteiger partial charge >= 0.3 is 0 Å². The predicted molar refractivity (Wildman–Crippen MR) is 86.6 cm³/mol. The second-order valence-electron chi connectivity index (χ2n) is 7.79. The van der Waals surface area contributed by atoms with Crippen LogP contribution in [0.5, 0.6) is 5.75 Å². The summed E-state index contributed by atoms with van der Waals surface area (Å²) in [7, 11) is 1.73. The van der Waals surface area contributed by atoms with Crippen molar-refractivity contribution in [3.63, 3.8) is 0 Å². The predicted octanol–water partition coefficient (Wildman–Crippen LogP) is 4.52. The van der Waals surface area contributed by atoms with Crippen LogP contribution >= 0.6 is 0 Å². The first-order valence-corrected chi connectivity index (χ1v) is 8.59. The lowest BCUT2D eigenvalue weighted by Gasteiger charge is -2.49. The van der Waals surface area contributed by atoms with Crippen LogP contribution in [0, 0.1) is 17.3 Å². The summed E-state index contributed by atoms with van der Waals surface area (Å²) >= 11 is 0. The number of benzene rings is 1. The van der Waals surface area contributed by atoms with E-state index in [1.54, 1.807) is 12.7 Å². The van der Waals surface area contributed by atoms with E-state index < -0.39 is 0 Å². The minimum atomic E-state index is 0.635. The maximum atomic E-state index is 6.10. The topological polar surface area (TPSA) is 35.2 Å². The van der Waals surface area contributed by atoms with Crippen LogP contribution in [0.25, 0.3) is 0 Å². The molecular formula is C19H27NO. The van der Waals surface area contributed by atoms with Gasteiger partial charge in [-0.3, -0.25) is 0 Å². The molecule has 0 amide bonds. The number of nitrogens with two attached hydrogens (primary N) is 1. The molecular weight excluding hydrogens is 258 g/mol. The third-order valence-electron chi connectivity index (χ3n) is 6.86. The molecule has 1 aromatic rings. The Kier molecular flexibility index (Phi) is 2.99. The second kappa shape index (κ2) is 4.66. The summed E-state index contributed by atoms with van der Waals surface area (Å²) in [5, 5.41) is 0. The van der Waals surface area contributed by atoms with Crippen molar-refractivity contribution in [3.8, 4) is 5.75 Å². The van der Waals surface area contributed by atoms with Crippen LogP contribution in [-0.4, -0.2) is 7.11 Å². The highest BCUT2D eigenvalue weighted by atomic mass is 16.5. The Balaban J connectivity index is 1.73. The fourth-order valence-corrected chi connectivity index (χ4v) is 5.79. The zero-order valence-electron chi connectivity index (χ0n) is 13.3. The molecule has 1 aromatic carbocycles. The summed E-state index contributed by atoms with van der Waals surface area (Å²) in [6.07, 6.45) is 9.70. The molecule has 0 aromatic heterocycles. The second-order valence-corrected chi connectivity index (χ2v) is 7.79. The van der Waals surface area contributed by atoms with Gasteiger partial charge in [-0.1, -0.05) is 13.3 Å². The summed E-state index contributed by atoms with van der Waals surface area (Å²) in [5.41, 5.74) is 10.6. The van der Waals surface area contributed by atoms with E-state index in [2.05, 4.69) is 19.1 Å². The van der Waals surface area contributed by atoms with Gasteiger partial charge < -0.3 is 10.5 Å². The Morgan fingerprint density at radius 1 is 1.19 bits per heavy atom. The summed E-state index contributed by atoms with van der Waals surface area (Å²) in [5.74, 6) is 3.47. The van der Waals surface area contributed by atoms with Gasteiger partial charge in [0.25, 0.3) is 0 Å². The molecule has 4 atom stereocenters. The highest BCUT2D eigenvalue weighted by molar-refractivity contribution is 5.58. The highest BCUT2D eigenvalue weighted by Gasteiger charge is 2.50. The molecule has 3 aliphatic carbocycles. The fraction of sp³-hybridized carbons (Fsp3) is 0.684. The molecule has 114 valence electrons. The molecule has 0 bridgehead atoms. The molecule has 2 heteroatoms.